The lowest BCUT2D eigenvalue weighted by Crippen LogP contribution is -2.24. The summed E-state index contributed by atoms with van der Waals surface area (Å²) in [6, 6.07) is 0. The summed E-state index contributed by atoms with van der Waals surface area (Å²) in [7, 11) is 0. The number of hydrogen-bond acceptors (Lipinski definition) is 2. The number of alkyl halides is 3. The molecule has 11 heavy (non-hydrogen) atoms. The fourth-order valence-corrected chi connectivity index (χ4v) is 0.326. The minimum absolute atomic E-state index is 0. The average Bonchev–Trinajstić information content (AvgIpc) is 1.60. The van der Waals surface area contributed by atoms with E-state index in [-0.39, 0.29) is 17.4 Å². The topological polar surface area (TPSA) is 34.1 Å². The van der Waals surface area contributed by atoms with E-state index in [2.05, 4.69) is 0 Å². The van der Waals surface area contributed by atoms with Crippen molar-refractivity contribution < 1.29 is 22.8 Å². The lowest BCUT2D eigenvalue weighted by Gasteiger charge is -2.00. The third-order valence-electron chi connectivity index (χ3n) is 0.726. The van der Waals surface area contributed by atoms with E-state index in [0.29, 0.717) is 0 Å². The molecule has 0 unspecified atom stereocenters. The summed E-state index contributed by atoms with van der Waals surface area (Å²) in [4.78, 5) is 19.9. The summed E-state index contributed by atoms with van der Waals surface area (Å²) in [5.74, 6) is -2.76. The Balaban J connectivity index is 0. The van der Waals surface area contributed by atoms with Crippen LogP contribution in [0.2, 0.25) is 0 Å². The second kappa shape index (κ2) is 4.52. The first-order valence-electron chi connectivity index (χ1n) is 2.43. The second-order valence-corrected chi connectivity index (χ2v) is 1.80. The molecule has 0 aliphatic rings. The standard InChI is InChI=1S/C5H5F3O2.Al/c1-3(9)2-4(10)5(6,7)8;/h2H2,1H3;. The monoisotopic (exact) mass is 181 g/mol. The highest BCUT2D eigenvalue weighted by Crippen LogP contribution is 2.17. The molecule has 61 valence electrons. The van der Waals surface area contributed by atoms with Crippen molar-refractivity contribution in [1.29, 1.82) is 0 Å². The van der Waals surface area contributed by atoms with Crippen molar-refractivity contribution in [2.75, 3.05) is 0 Å². The molecule has 0 aliphatic carbocycles. The first kappa shape index (κ1) is 13.3. The van der Waals surface area contributed by atoms with Crippen molar-refractivity contribution in [3.8, 4) is 0 Å². The number of carbonyl (C=O) groups excluding carboxylic acids is 2. The van der Waals surface area contributed by atoms with Crippen molar-refractivity contribution >= 4 is 28.9 Å². The molecule has 0 saturated carbocycles. The van der Waals surface area contributed by atoms with Crippen LogP contribution in [0.15, 0.2) is 0 Å². The Labute approximate surface area is 71.9 Å². The van der Waals surface area contributed by atoms with Gasteiger partial charge in [0.2, 0.25) is 5.78 Å². The van der Waals surface area contributed by atoms with Gasteiger partial charge in [-0.05, 0) is 6.92 Å². The van der Waals surface area contributed by atoms with Crippen LogP contribution in [0, 0.1) is 0 Å². The molecule has 3 radical (unpaired) electrons. The van der Waals surface area contributed by atoms with Crippen LogP contribution in [-0.4, -0.2) is 35.1 Å². The molecule has 0 spiro atoms. The zero-order valence-electron chi connectivity index (χ0n) is 5.73. The summed E-state index contributed by atoms with van der Waals surface area (Å²) in [6.07, 6.45) is -5.92. The van der Waals surface area contributed by atoms with Crippen molar-refractivity contribution in [3.63, 3.8) is 0 Å². The fourth-order valence-electron chi connectivity index (χ4n) is 0.326. The van der Waals surface area contributed by atoms with Crippen LogP contribution in [0.25, 0.3) is 0 Å². The summed E-state index contributed by atoms with van der Waals surface area (Å²) in [5, 5.41) is 0. The zero-order valence-corrected chi connectivity index (χ0v) is 6.89. The van der Waals surface area contributed by atoms with Crippen LogP contribution in [0.3, 0.4) is 0 Å². The number of hydrogen-bond donors (Lipinski definition) is 0. The maximum Gasteiger partial charge on any atom is 0.450 e. The zero-order chi connectivity index (χ0) is 8.36. The molecular formula is C5H5AlF3O2. The molecule has 0 N–H and O–H groups in total. The van der Waals surface area contributed by atoms with Gasteiger partial charge in [0.1, 0.15) is 5.78 Å². The Morgan fingerprint density at radius 3 is 1.73 bits per heavy atom. The van der Waals surface area contributed by atoms with Crippen molar-refractivity contribution in [3.05, 3.63) is 0 Å². The highest BCUT2D eigenvalue weighted by atomic mass is 27.0. The predicted molar refractivity (Wildman–Crippen MR) is 32.1 cm³/mol. The molecule has 0 fully saturated rings. The van der Waals surface area contributed by atoms with Crippen LogP contribution in [-0.2, 0) is 9.59 Å². The lowest BCUT2D eigenvalue weighted by molar-refractivity contribution is -0.171. The van der Waals surface area contributed by atoms with Gasteiger partial charge in [0.15, 0.2) is 0 Å². The van der Waals surface area contributed by atoms with E-state index in [1.165, 1.54) is 0 Å². The Morgan fingerprint density at radius 2 is 1.64 bits per heavy atom. The van der Waals surface area contributed by atoms with E-state index in [1.54, 1.807) is 0 Å². The van der Waals surface area contributed by atoms with Gasteiger partial charge in [-0.25, -0.2) is 0 Å². The Bertz CT molecular complexity index is 164. The van der Waals surface area contributed by atoms with E-state index in [1.807, 2.05) is 0 Å². The van der Waals surface area contributed by atoms with E-state index >= 15 is 0 Å². The molecule has 0 aromatic heterocycles. The molecule has 0 amide bonds. The number of Topliss-reactive ketones (excluding diaryl/α,β-unsaturated/α-hetero) is 2. The number of carbonyl (C=O) groups is 2. The molecule has 0 aromatic rings. The number of ketones is 2. The third kappa shape index (κ3) is 6.08. The molecule has 0 bridgehead atoms. The van der Waals surface area contributed by atoms with Gasteiger partial charge >= 0.3 is 6.18 Å². The molecule has 6 heteroatoms. The summed E-state index contributed by atoms with van der Waals surface area (Å²) in [6.45, 7) is 0.934. The van der Waals surface area contributed by atoms with Crippen LogP contribution >= 0.6 is 0 Å². The molecule has 0 saturated heterocycles. The highest BCUT2D eigenvalue weighted by Gasteiger charge is 2.38. The van der Waals surface area contributed by atoms with Crippen molar-refractivity contribution in [2.45, 2.75) is 19.5 Å². The van der Waals surface area contributed by atoms with E-state index < -0.39 is 24.2 Å². The molecular weight excluding hydrogens is 176 g/mol. The van der Waals surface area contributed by atoms with Gasteiger partial charge in [0, 0.05) is 17.4 Å². The minimum atomic E-state index is -4.87. The quantitative estimate of drug-likeness (QED) is 0.464. The Hall–Kier alpha value is -0.338. The maximum atomic E-state index is 11.3. The van der Waals surface area contributed by atoms with Crippen molar-refractivity contribution in [1.82, 2.24) is 0 Å². The largest absolute Gasteiger partial charge is 0.450 e. The highest BCUT2D eigenvalue weighted by molar-refractivity contribution is 6.00. The smallest absolute Gasteiger partial charge is 0.300 e. The predicted octanol–water partition coefficient (Wildman–Crippen LogP) is 0.716. The van der Waals surface area contributed by atoms with Gasteiger partial charge in [-0.15, -0.1) is 0 Å². The summed E-state index contributed by atoms with van der Waals surface area (Å²) < 4.78 is 33.9. The first-order chi connectivity index (χ1) is 4.34. The molecule has 0 atom stereocenters. The lowest BCUT2D eigenvalue weighted by atomic mass is 10.2. The van der Waals surface area contributed by atoms with Crippen LogP contribution in [0.4, 0.5) is 13.2 Å². The van der Waals surface area contributed by atoms with Gasteiger partial charge in [0.05, 0.1) is 6.42 Å². The average molecular weight is 181 g/mol. The molecule has 0 rings (SSSR count). The molecule has 0 aromatic carbocycles. The number of rotatable bonds is 2. The maximum absolute atomic E-state index is 11.3. The van der Waals surface area contributed by atoms with E-state index in [4.69, 9.17) is 0 Å². The SMILES string of the molecule is CC(=O)CC(=O)C(F)(F)F.[Al]. The molecule has 2 nitrogen and oxygen atoms in total. The number of halogens is 3. The van der Waals surface area contributed by atoms with Crippen LogP contribution in [0.1, 0.15) is 13.3 Å². The first-order valence-corrected chi connectivity index (χ1v) is 2.43. The normalized spacial score (nSPS) is 10.2. The van der Waals surface area contributed by atoms with Crippen LogP contribution in [0.5, 0.6) is 0 Å². The Kier molecular flexibility index (Phi) is 5.45. The molecule has 0 aliphatic heterocycles. The summed E-state index contributed by atoms with van der Waals surface area (Å²) in [5.41, 5.74) is 0. The van der Waals surface area contributed by atoms with E-state index in [0.717, 1.165) is 6.92 Å². The van der Waals surface area contributed by atoms with Gasteiger partial charge in [-0.2, -0.15) is 13.2 Å². The van der Waals surface area contributed by atoms with Gasteiger partial charge in [0.25, 0.3) is 0 Å². The van der Waals surface area contributed by atoms with Gasteiger partial charge in [-0.3, -0.25) is 9.59 Å². The van der Waals surface area contributed by atoms with Crippen LogP contribution < -0.4 is 0 Å². The summed E-state index contributed by atoms with van der Waals surface area (Å²) >= 11 is 0. The minimum Gasteiger partial charge on any atom is -0.300 e. The van der Waals surface area contributed by atoms with Gasteiger partial charge < -0.3 is 0 Å². The van der Waals surface area contributed by atoms with Gasteiger partial charge in [-0.1, -0.05) is 0 Å². The fraction of sp³-hybridized carbons (Fsp3) is 0.600. The second-order valence-electron chi connectivity index (χ2n) is 1.80. The Morgan fingerprint density at radius 1 is 1.27 bits per heavy atom. The molecule has 0 heterocycles. The van der Waals surface area contributed by atoms with Crippen molar-refractivity contribution in [2.24, 2.45) is 0 Å². The third-order valence-corrected chi connectivity index (χ3v) is 0.726. The van der Waals surface area contributed by atoms with E-state index in [9.17, 15) is 22.8 Å².